The van der Waals surface area contributed by atoms with Crippen LogP contribution in [0.5, 0.6) is 0 Å². The fourth-order valence-electron chi connectivity index (χ4n) is 3.62. The highest BCUT2D eigenvalue weighted by Gasteiger charge is 2.55. The molecule has 3 rings (SSSR count). The number of hydrogen-bond donors (Lipinski definition) is 4. The summed E-state index contributed by atoms with van der Waals surface area (Å²) in [6, 6.07) is 5.73. The van der Waals surface area contributed by atoms with E-state index in [0.29, 0.717) is 12.0 Å². The summed E-state index contributed by atoms with van der Waals surface area (Å²) >= 11 is 0. The van der Waals surface area contributed by atoms with Crippen LogP contribution in [0.25, 0.3) is 0 Å². The number of H-pyrrole nitrogens is 1. The maximum Gasteiger partial charge on any atom is 0.336 e. The van der Waals surface area contributed by atoms with Gasteiger partial charge in [0, 0.05) is 24.4 Å². The normalized spacial score (nSPS) is 26.2. The lowest BCUT2D eigenvalue weighted by molar-refractivity contribution is -0.169. The summed E-state index contributed by atoms with van der Waals surface area (Å²) in [6.07, 6.45) is 5.03. The number of ketones is 1. The van der Waals surface area contributed by atoms with Crippen LogP contribution < -0.4 is 0 Å². The third-order valence-electron chi connectivity index (χ3n) is 5.35. The number of aromatic nitrogens is 1. The average molecular weight is 401 g/mol. The van der Waals surface area contributed by atoms with Gasteiger partial charge in [0.15, 0.2) is 11.4 Å². The lowest BCUT2D eigenvalue weighted by Gasteiger charge is -2.39. The molecule has 4 N–H and O–H groups in total. The van der Waals surface area contributed by atoms with Crippen molar-refractivity contribution in [2.45, 2.75) is 25.4 Å². The van der Waals surface area contributed by atoms with Crippen LogP contribution >= 0.6 is 0 Å². The number of hydrogen-bond acceptors (Lipinski definition) is 4. The fourth-order valence-corrected chi connectivity index (χ4v) is 3.62. The molecule has 1 aliphatic rings. The zero-order chi connectivity index (χ0) is 21.4. The molecular formula is C21H20FNO6. The molecule has 0 spiro atoms. The minimum Gasteiger partial charge on any atom is -0.481 e. The molecule has 0 bridgehead atoms. The van der Waals surface area contributed by atoms with Gasteiger partial charge in [-0.15, -0.1) is 0 Å². The van der Waals surface area contributed by atoms with Crippen LogP contribution in [0.3, 0.4) is 0 Å². The smallest absolute Gasteiger partial charge is 0.336 e. The van der Waals surface area contributed by atoms with Crippen LogP contribution in [0.15, 0.2) is 48.8 Å². The summed E-state index contributed by atoms with van der Waals surface area (Å²) in [5, 5.41) is 29.7. The Morgan fingerprint density at radius 1 is 1.14 bits per heavy atom. The molecule has 1 heterocycles. The summed E-state index contributed by atoms with van der Waals surface area (Å²) in [5.74, 6) is -5.44. The molecular weight excluding hydrogens is 381 g/mol. The highest BCUT2D eigenvalue weighted by atomic mass is 19.1. The first kappa shape index (κ1) is 20.5. The second kappa shape index (κ2) is 7.29. The zero-order valence-electron chi connectivity index (χ0n) is 15.6. The van der Waals surface area contributed by atoms with Gasteiger partial charge in [-0.3, -0.25) is 9.59 Å². The molecule has 0 fully saturated rings. The van der Waals surface area contributed by atoms with Gasteiger partial charge in [0.25, 0.3) is 0 Å². The molecule has 3 unspecified atom stereocenters. The lowest BCUT2D eigenvalue weighted by Crippen LogP contribution is -2.54. The van der Waals surface area contributed by atoms with E-state index in [9.17, 15) is 34.1 Å². The SMILES string of the molecule is CC1(C(=O)O)C=CC(C(=O)c2c[nH]cc2Cc2ccc(F)cc2)C(O)(C(=O)O)C1. The number of aliphatic hydroxyl groups is 1. The molecule has 2 aromatic rings. The van der Waals surface area contributed by atoms with Crippen LogP contribution in [-0.2, 0) is 16.0 Å². The second-order valence-corrected chi connectivity index (χ2v) is 7.53. The minimum absolute atomic E-state index is 0.183. The van der Waals surface area contributed by atoms with Crippen molar-refractivity contribution in [2.75, 3.05) is 0 Å². The van der Waals surface area contributed by atoms with Gasteiger partial charge in [-0.2, -0.15) is 0 Å². The van der Waals surface area contributed by atoms with Crippen LogP contribution in [-0.4, -0.2) is 43.6 Å². The Balaban J connectivity index is 1.95. The van der Waals surface area contributed by atoms with Crippen molar-refractivity contribution in [3.05, 3.63) is 71.3 Å². The Morgan fingerprint density at radius 3 is 2.38 bits per heavy atom. The van der Waals surface area contributed by atoms with Crippen molar-refractivity contribution in [2.24, 2.45) is 11.3 Å². The van der Waals surface area contributed by atoms with Crippen LogP contribution in [0.1, 0.15) is 34.8 Å². The van der Waals surface area contributed by atoms with E-state index in [1.165, 1.54) is 31.3 Å². The number of halogens is 1. The number of carboxylic acid groups (broad SMARTS) is 2. The maximum absolute atomic E-state index is 13.1. The van der Waals surface area contributed by atoms with E-state index < -0.39 is 41.1 Å². The van der Waals surface area contributed by atoms with Crippen molar-refractivity contribution in [1.29, 1.82) is 0 Å². The van der Waals surface area contributed by atoms with Crippen molar-refractivity contribution >= 4 is 17.7 Å². The predicted octanol–water partition coefficient (Wildman–Crippen LogP) is 2.41. The maximum atomic E-state index is 13.1. The Kier molecular flexibility index (Phi) is 5.15. The monoisotopic (exact) mass is 401 g/mol. The number of nitrogens with one attached hydrogen (secondary N) is 1. The largest absolute Gasteiger partial charge is 0.481 e. The molecule has 1 aliphatic carbocycles. The number of aliphatic carboxylic acids is 2. The number of Topliss-reactive ketones (excluding diaryl/α,β-unsaturated/α-hetero) is 1. The summed E-state index contributed by atoms with van der Waals surface area (Å²) in [5.41, 5.74) is -2.70. The van der Waals surface area contributed by atoms with Crippen LogP contribution in [0.2, 0.25) is 0 Å². The number of carbonyl (C=O) groups is 3. The second-order valence-electron chi connectivity index (χ2n) is 7.53. The van der Waals surface area contributed by atoms with Gasteiger partial charge in [-0.1, -0.05) is 24.3 Å². The van der Waals surface area contributed by atoms with E-state index in [0.717, 1.165) is 11.6 Å². The first-order valence-corrected chi connectivity index (χ1v) is 8.90. The molecule has 1 aromatic heterocycles. The highest BCUT2D eigenvalue weighted by molar-refractivity contribution is 6.04. The quantitative estimate of drug-likeness (QED) is 0.435. The van der Waals surface area contributed by atoms with E-state index in [2.05, 4.69) is 4.98 Å². The standard InChI is InChI=1S/C21H20FNO6/c1-20(18(25)26)7-6-16(21(29,11-20)19(27)28)17(24)15-10-23-9-13(15)8-12-2-4-14(22)5-3-12/h2-7,9-10,16,23,29H,8,11H2,1H3,(H,25,26)(H,27,28). The van der Waals surface area contributed by atoms with E-state index in [4.69, 9.17) is 0 Å². The molecule has 8 heteroatoms. The van der Waals surface area contributed by atoms with E-state index in [1.807, 2.05) is 0 Å². The highest BCUT2D eigenvalue weighted by Crippen LogP contribution is 2.42. The molecule has 1 aromatic carbocycles. The number of carbonyl (C=O) groups excluding carboxylic acids is 1. The fraction of sp³-hybridized carbons (Fsp3) is 0.286. The van der Waals surface area contributed by atoms with Gasteiger partial charge >= 0.3 is 11.9 Å². The summed E-state index contributed by atoms with van der Waals surface area (Å²) in [4.78, 5) is 39.2. The summed E-state index contributed by atoms with van der Waals surface area (Å²) in [7, 11) is 0. The molecule has 0 aliphatic heterocycles. The summed E-state index contributed by atoms with van der Waals surface area (Å²) < 4.78 is 13.1. The lowest BCUT2D eigenvalue weighted by atomic mass is 9.66. The van der Waals surface area contributed by atoms with Gasteiger partial charge in [0.05, 0.1) is 11.3 Å². The molecule has 0 saturated carbocycles. The summed E-state index contributed by atoms with van der Waals surface area (Å²) in [6.45, 7) is 1.29. The third-order valence-corrected chi connectivity index (χ3v) is 5.35. The number of rotatable bonds is 6. The Labute approximate surface area is 165 Å². The topological polar surface area (TPSA) is 128 Å². The van der Waals surface area contributed by atoms with Gasteiger partial charge in [-0.25, -0.2) is 9.18 Å². The Bertz CT molecular complexity index is 995. The van der Waals surface area contributed by atoms with Crippen molar-refractivity contribution in [1.82, 2.24) is 4.98 Å². The van der Waals surface area contributed by atoms with E-state index in [1.54, 1.807) is 18.3 Å². The van der Waals surface area contributed by atoms with Gasteiger partial charge in [0.2, 0.25) is 0 Å². The first-order valence-electron chi connectivity index (χ1n) is 8.90. The first-order chi connectivity index (χ1) is 13.6. The molecule has 0 saturated heterocycles. The molecule has 0 radical (unpaired) electrons. The minimum atomic E-state index is -2.57. The predicted molar refractivity (Wildman–Crippen MR) is 99.9 cm³/mol. The van der Waals surface area contributed by atoms with Crippen LogP contribution in [0, 0.1) is 17.2 Å². The Hall–Kier alpha value is -3.26. The number of carboxylic acids is 2. The molecule has 0 amide bonds. The molecule has 7 nitrogen and oxygen atoms in total. The molecule has 3 atom stereocenters. The zero-order valence-corrected chi connectivity index (χ0v) is 15.6. The van der Waals surface area contributed by atoms with Crippen molar-refractivity contribution in [3.63, 3.8) is 0 Å². The van der Waals surface area contributed by atoms with E-state index >= 15 is 0 Å². The van der Waals surface area contributed by atoms with E-state index in [-0.39, 0.29) is 11.4 Å². The Morgan fingerprint density at radius 2 is 1.79 bits per heavy atom. The molecule has 29 heavy (non-hydrogen) atoms. The average Bonchev–Trinajstić information content (AvgIpc) is 3.11. The molecule has 152 valence electrons. The van der Waals surface area contributed by atoms with Gasteiger partial charge in [0.1, 0.15) is 5.82 Å². The van der Waals surface area contributed by atoms with Crippen molar-refractivity contribution in [3.8, 4) is 0 Å². The number of benzene rings is 1. The number of aromatic amines is 1. The van der Waals surface area contributed by atoms with Crippen LogP contribution in [0.4, 0.5) is 4.39 Å². The van der Waals surface area contributed by atoms with Gasteiger partial charge in [-0.05, 0) is 36.6 Å². The van der Waals surface area contributed by atoms with Crippen molar-refractivity contribution < 1.29 is 34.1 Å². The third kappa shape index (κ3) is 3.71. The van der Waals surface area contributed by atoms with Gasteiger partial charge < -0.3 is 20.3 Å².